The Morgan fingerprint density at radius 2 is 1.84 bits per heavy atom. The second-order valence-electron chi connectivity index (χ2n) is 6.40. The number of esters is 1. The van der Waals surface area contributed by atoms with E-state index in [1.165, 1.54) is 31.4 Å². The second-order valence-corrected chi connectivity index (χ2v) is 7.39. The minimum atomic E-state index is -0.527. The van der Waals surface area contributed by atoms with Crippen LogP contribution in [0.25, 0.3) is 6.08 Å². The van der Waals surface area contributed by atoms with E-state index in [1.807, 2.05) is 0 Å². The molecule has 2 amide bonds. The molecule has 0 radical (unpaired) electrons. The van der Waals surface area contributed by atoms with Crippen LogP contribution in [0.4, 0.5) is 9.18 Å². The van der Waals surface area contributed by atoms with Crippen molar-refractivity contribution in [3.8, 4) is 11.5 Å². The molecule has 1 heterocycles. The topological polar surface area (TPSA) is 82.1 Å². The molecule has 9 heteroatoms. The van der Waals surface area contributed by atoms with Crippen LogP contribution >= 0.6 is 11.8 Å². The molecule has 0 bridgehead atoms. The Bertz CT molecular complexity index is 1020. The van der Waals surface area contributed by atoms with Crippen LogP contribution in [0.2, 0.25) is 0 Å². The number of amides is 2. The van der Waals surface area contributed by atoms with Crippen molar-refractivity contribution >= 4 is 35.0 Å². The minimum Gasteiger partial charge on any atom is -0.490 e. The highest BCUT2D eigenvalue weighted by atomic mass is 32.2. The number of rotatable bonds is 8. The lowest BCUT2D eigenvalue weighted by Crippen LogP contribution is -2.27. The van der Waals surface area contributed by atoms with E-state index >= 15 is 0 Å². The van der Waals surface area contributed by atoms with Crippen LogP contribution in [0.5, 0.6) is 11.5 Å². The van der Waals surface area contributed by atoms with Crippen molar-refractivity contribution < 1.29 is 33.0 Å². The van der Waals surface area contributed by atoms with Crippen LogP contribution in [0.3, 0.4) is 0 Å². The lowest BCUT2D eigenvalue weighted by Gasteiger charge is -2.13. The predicted octanol–water partition coefficient (Wildman–Crippen LogP) is 4.01. The van der Waals surface area contributed by atoms with Gasteiger partial charge in [0.25, 0.3) is 11.1 Å². The van der Waals surface area contributed by atoms with Crippen molar-refractivity contribution in [1.29, 1.82) is 0 Å². The summed E-state index contributed by atoms with van der Waals surface area (Å²) in [5.74, 6) is -0.592. The maximum absolute atomic E-state index is 13.1. The standard InChI is InChI=1S/C22H20FNO6S/c1-3-29-18-10-15(6-9-17(18)30-13-20(25)28-2)11-19-21(26)24(22(27)31-19)12-14-4-7-16(23)8-5-14/h4-11H,3,12-13H2,1-2H3/b19-11-. The zero-order valence-electron chi connectivity index (χ0n) is 16.9. The third-order valence-electron chi connectivity index (χ3n) is 4.27. The molecule has 0 unspecified atom stereocenters. The number of benzene rings is 2. The van der Waals surface area contributed by atoms with Gasteiger partial charge in [0.15, 0.2) is 18.1 Å². The Balaban J connectivity index is 1.77. The van der Waals surface area contributed by atoms with Gasteiger partial charge < -0.3 is 14.2 Å². The van der Waals surface area contributed by atoms with Crippen LogP contribution in [0, 0.1) is 5.82 Å². The number of nitrogens with zero attached hydrogens (tertiary/aromatic N) is 1. The van der Waals surface area contributed by atoms with Gasteiger partial charge in [0.2, 0.25) is 0 Å². The Kier molecular flexibility index (Phi) is 7.30. The molecule has 1 aliphatic heterocycles. The van der Waals surface area contributed by atoms with Crippen molar-refractivity contribution in [2.45, 2.75) is 13.5 Å². The van der Waals surface area contributed by atoms with E-state index in [0.717, 1.165) is 16.7 Å². The molecule has 0 atom stereocenters. The maximum Gasteiger partial charge on any atom is 0.343 e. The summed E-state index contributed by atoms with van der Waals surface area (Å²) in [7, 11) is 1.27. The number of carbonyl (C=O) groups excluding carboxylic acids is 3. The lowest BCUT2D eigenvalue weighted by molar-refractivity contribution is -0.142. The average molecular weight is 445 g/mol. The van der Waals surface area contributed by atoms with Gasteiger partial charge in [0.05, 0.1) is 25.2 Å². The third-order valence-corrected chi connectivity index (χ3v) is 5.17. The molecule has 0 spiro atoms. The van der Waals surface area contributed by atoms with E-state index < -0.39 is 17.1 Å². The number of ether oxygens (including phenoxy) is 3. The van der Waals surface area contributed by atoms with Crippen LogP contribution in [-0.2, 0) is 20.9 Å². The molecule has 31 heavy (non-hydrogen) atoms. The average Bonchev–Trinajstić information content (AvgIpc) is 3.02. The highest BCUT2D eigenvalue weighted by molar-refractivity contribution is 8.18. The second kappa shape index (κ2) is 10.1. The molecule has 0 aliphatic carbocycles. The molecule has 1 fully saturated rings. The van der Waals surface area contributed by atoms with Gasteiger partial charge in [-0.05, 0) is 60.2 Å². The summed E-state index contributed by atoms with van der Waals surface area (Å²) in [5.41, 5.74) is 1.27. The first kappa shape index (κ1) is 22.4. The predicted molar refractivity (Wildman–Crippen MR) is 113 cm³/mol. The van der Waals surface area contributed by atoms with Gasteiger partial charge in [-0.3, -0.25) is 14.5 Å². The zero-order valence-corrected chi connectivity index (χ0v) is 17.7. The summed E-state index contributed by atoms with van der Waals surface area (Å²) in [5, 5.41) is -0.399. The molecule has 7 nitrogen and oxygen atoms in total. The summed E-state index contributed by atoms with van der Waals surface area (Å²) < 4.78 is 28.6. The van der Waals surface area contributed by atoms with Crippen LogP contribution in [0.1, 0.15) is 18.1 Å². The Morgan fingerprint density at radius 3 is 2.52 bits per heavy atom. The van der Waals surface area contributed by atoms with E-state index in [9.17, 15) is 18.8 Å². The molecular formula is C22H20FNO6S. The summed E-state index contributed by atoms with van der Waals surface area (Å²) in [6.07, 6.45) is 1.59. The van der Waals surface area contributed by atoms with Gasteiger partial charge in [0, 0.05) is 0 Å². The maximum atomic E-state index is 13.1. The summed E-state index contributed by atoms with van der Waals surface area (Å²) in [6, 6.07) is 10.6. The van der Waals surface area contributed by atoms with E-state index in [2.05, 4.69) is 4.74 Å². The molecule has 0 aromatic heterocycles. The van der Waals surface area contributed by atoms with E-state index in [0.29, 0.717) is 29.2 Å². The van der Waals surface area contributed by atoms with Crippen molar-refractivity contribution in [3.05, 3.63) is 64.3 Å². The van der Waals surface area contributed by atoms with Gasteiger partial charge in [-0.1, -0.05) is 18.2 Å². The smallest absolute Gasteiger partial charge is 0.343 e. The Labute approximate surface area is 182 Å². The number of hydrogen-bond donors (Lipinski definition) is 0. The minimum absolute atomic E-state index is 0.0623. The quantitative estimate of drug-likeness (QED) is 0.448. The molecule has 1 aliphatic rings. The highest BCUT2D eigenvalue weighted by Crippen LogP contribution is 2.35. The van der Waals surface area contributed by atoms with Gasteiger partial charge in [-0.2, -0.15) is 0 Å². The molecule has 2 aromatic rings. The number of thioether (sulfide) groups is 1. The van der Waals surface area contributed by atoms with Crippen molar-refractivity contribution in [2.24, 2.45) is 0 Å². The van der Waals surface area contributed by atoms with E-state index in [1.54, 1.807) is 31.2 Å². The molecular weight excluding hydrogens is 425 g/mol. The lowest BCUT2D eigenvalue weighted by atomic mass is 10.1. The Hall–Kier alpha value is -3.33. The number of imide groups is 1. The largest absolute Gasteiger partial charge is 0.490 e. The molecule has 1 saturated heterocycles. The SMILES string of the molecule is CCOc1cc(/C=C2\SC(=O)N(Cc3ccc(F)cc3)C2=O)ccc1OCC(=O)OC. The van der Waals surface area contributed by atoms with Gasteiger partial charge in [0.1, 0.15) is 5.82 Å². The van der Waals surface area contributed by atoms with Gasteiger partial charge in [-0.25, -0.2) is 9.18 Å². The van der Waals surface area contributed by atoms with Crippen molar-refractivity contribution in [3.63, 3.8) is 0 Å². The molecule has 162 valence electrons. The first-order valence-electron chi connectivity index (χ1n) is 9.37. The molecule has 0 saturated carbocycles. The fourth-order valence-corrected chi connectivity index (χ4v) is 3.60. The molecule has 3 rings (SSSR count). The number of methoxy groups -OCH3 is 1. The first-order chi connectivity index (χ1) is 14.9. The van der Waals surface area contributed by atoms with Crippen LogP contribution < -0.4 is 9.47 Å². The molecule has 0 N–H and O–H groups in total. The van der Waals surface area contributed by atoms with E-state index in [-0.39, 0.29) is 23.9 Å². The van der Waals surface area contributed by atoms with Crippen molar-refractivity contribution in [2.75, 3.05) is 20.3 Å². The fraction of sp³-hybridized carbons (Fsp3) is 0.227. The van der Waals surface area contributed by atoms with Crippen LogP contribution in [-0.4, -0.2) is 42.3 Å². The zero-order chi connectivity index (χ0) is 22.4. The van der Waals surface area contributed by atoms with E-state index in [4.69, 9.17) is 9.47 Å². The third kappa shape index (κ3) is 5.64. The summed E-state index contributed by atoms with van der Waals surface area (Å²) in [6.45, 7) is 1.97. The fourth-order valence-electron chi connectivity index (χ4n) is 2.76. The number of halogens is 1. The first-order valence-corrected chi connectivity index (χ1v) is 10.2. The normalized spacial score (nSPS) is 14.8. The summed E-state index contributed by atoms with van der Waals surface area (Å²) in [4.78, 5) is 37.7. The number of carbonyl (C=O) groups is 3. The van der Waals surface area contributed by atoms with Gasteiger partial charge in [-0.15, -0.1) is 0 Å². The van der Waals surface area contributed by atoms with Crippen LogP contribution in [0.15, 0.2) is 47.4 Å². The van der Waals surface area contributed by atoms with Gasteiger partial charge >= 0.3 is 5.97 Å². The number of hydrogen-bond acceptors (Lipinski definition) is 7. The Morgan fingerprint density at radius 1 is 1.10 bits per heavy atom. The summed E-state index contributed by atoms with van der Waals surface area (Å²) >= 11 is 0.831. The highest BCUT2D eigenvalue weighted by Gasteiger charge is 2.35. The van der Waals surface area contributed by atoms with Crippen molar-refractivity contribution in [1.82, 2.24) is 4.90 Å². The monoisotopic (exact) mass is 445 g/mol. The molecule has 2 aromatic carbocycles.